The molecule has 2 heterocycles. The third kappa shape index (κ3) is 2.99. The van der Waals surface area contributed by atoms with Gasteiger partial charge in [-0.15, -0.1) is 0 Å². The van der Waals surface area contributed by atoms with Crippen molar-refractivity contribution in [1.29, 1.82) is 0 Å². The number of sulfonamides is 1. The summed E-state index contributed by atoms with van der Waals surface area (Å²) < 4.78 is 28.4. The Hall–Kier alpha value is -0.500. The predicted octanol–water partition coefficient (Wildman–Crippen LogP) is 1.30. The topological polar surface area (TPSA) is 62.5 Å². The third-order valence-electron chi connectivity index (χ3n) is 3.23. The summed E-state index contributed by atoms with van der Waals surface area (Å²) in [7, 11) is -3.42. The summed E-state index contributed by atoms with van der Waals surface area (Å²) in [6.45, 7) is 4.91. The van der Waals surface area contributed by atoms with Crippen LogP contribution in [0.2, 0.25) is 0 Å². The quantitative estimate of drug-likeness (QED) is 0.911. The number of aliphatic hydroxyl groups excluding tert-OH is 1. The largest absolute Gasteiger partial charge is 0.390 e. The first kappa shape index (κ1) is 14.9. The fraction of sp³-hybridized carbons (Fsp3) is 0.667. The molecule has 5 nitrogen and oxygen atoms in total. The first-order valence-electron chi connectivity index (χ1n) is 6.36. The van der Waals surface area contributed by atoms with E-state index in [9.17, 15) is 13.5 Å². The highest BCUT2D eigenvalue weighted by atomic mass is 32.2. The molecule has 7 heteroatoms. The van der Waals surface area contributed by atoms with Gasteiger partial charge in [0.05, 0.1) is 6.61 Å². The summed E-state index contributed by atoms with van der Waals surface area (Å²) in [5.41, 5.74) is 0.639. The van der Waals surface area contributed by atoms with Gasteiger partial charge in [0.1, 0.15) is 4.90 Å². The van der Waals surface area contributed by atoms with Crippen molar-refractivity contribution in [3.8, 4) is 0 Å². The molecule has 0 aliphatic carbocycles. The summed E-state index contributed by atoms with van der Waals surface area (Å²) in [5, 5.41) is 9.32. The van der Waals surface area contributed by atoms with E-state index in [-0.39, 0.29) is 17.5 Å². The molecule has 0 atom stereocenters. The summed E-state index contributed by atoms with van der Waals surface area (Å²) in [4.78, 5) is 0.289. The lowest BCUT2D eigenvalue weighted by Gasteiger charge is -2.25. The van der Waals surface area contributed by atoms with Crippen LogP contribution in [-0.4, -0.2) is 47.0 Å². The molecule has 1 aliphatic heterocycles. The Bertz CT molecular complexity index is 531. The first-order valence-corrected chi connectivity index (χ1v) is 8.96. The van der Waals surface area contributed by atoms with Crippen molar-refractivity contribution >= 4 is 21.8 Å². The van der Waals surface area contributed by atoms with E-state index in [1.54, 1.807) is 24.0 Å². The molecule has 0 unspecified atom stereocenters. The van der Waals surface area contributed by atoms with E-state index in [0.29, 0.717) is 18.8 Å². The van der Waals surface area contributed by atoms with Gasteiger partial charge in [-0.3, -0.25) is 0 Å². The highest BCUT2D eigenvalue weighted by Crippen LogP contribution is 2.24. The third-order valence-corrected chi connectivity index (χ3v) is 6.04. The van der Waals surface area contributed by atoms with Gasteiger partial charge in [-0.2, -0.15) is 16.1 Å². The second kappa shape index (κ2) is 5.87. The Morgan fingerprint density at radius 2 is 2.00 bits per heavy atom. The van der Waals surface area contributed by atoms with Crippen molar-refractivity contribution in [3.05, 3.63) is 18.0 Å². The number of nitrogens with zero attached hydrogens (tertiary/aromatic N) is 2. The summed E-state index contributed by atoms with van der Waals surface area (Å²) in [6.07, 6.45) is 1.63. The van der Waals surface area contributed by atoms with Crippen molar-refractivity contribution in [2.75, 3.05) is 24.6 Å². The zero-order chi connectivity index (χ0) is 14.0. The molecule has 0 bridgehead atoms. The number of hydrogen-bond donors (Lipinski definition) is 1. The maximum atomic E-state index is 12.5. The molecule has 19 heavy (non-hydrogen) atoms. The van der Waals surface area contributed by atoms with E-state index >= 15 is 0 Å². The molecule has 0 aromatic carbocycles. The monoisotopic (exact) mass is 304 g/mol. The van der Waals surface area contributed by atoms with Gasteiger partial charge < -0.3 is 9.67 Å². The molecule has 1 saturated heterocycles. The molecule has 1 N–H and O–H groups in total. The Morgan fingerprint density at radius 1 is 1.37 bits per heavy atom. The number of rotatable bonds is 4. The summed E-state index contributed by atoms with van der Waals surface area (Å²) >= 11 is 1.78. The Balaban J connectivity index is 2.34. The molecule has 0 amide bonds. The molecule has 108 valence electrons. The average molecular weight is 304 g/mol. The van der Waals surface area contributed by atoms with Gasteiger partial charge in [0, 0.05) is 42.5 Å². The lowest BCUT2D eigenvalue weighted by Crippen LogP contribution is -2.37. The zero-order valence-corrected chi connectivity index (χ0v) is 12.9. The second-order valence-electron chi connectivity index (χ2n) is 4.84. The standard InChI is InChI=1S/C12H20N2O3S2/c1-10(2)14-8-12(7-11(14)9-15)19(16,17)13-3-5-18-6-4-13/h7-8,10,15H,3-6,9H2,1-2H3. The molecule has 0 radical (unpaired) electrons. The molecule has 0 spiro atoms. The molecule has 0 saturated carbocycles. The molecule has 1 aliphatic rings. The minimum atomic E-state index is -3.42. The lowest BCUT2D eigenvalue weighted by molar-refractivity contribution is 0.268. The summed E-state index contributed by atoms with van der Waals surface area (Å²) in [5.74, 6) is 1.69. The van der Waals surface area contributed by atoms with Gasteiger partial charge in [-0.05, 0) is 19.9 Å². The van der Waals surface area contributed by atoms with Gasteiger partial charge in [0.25, 0.3) is 0 Å². The average Bonchev–Trinajstić information content (AvgIpc) is 2.84. The molecule has 1 fully saturated rings. The van der Waals surface area contributed by atoms with Gasteiger partial charge >= 0.3 is 0 Å². The molecular weight excluding hydrogens is 284 g/mol. The van der Waals surface area contributed by atoms with E-state index in [1.807, 2.05) is 18.4 Å². The second-order valence-corrected chi connectivity index (χ2v) is 8.01. The van der Waals surface area contributed by atoms with Crippen LogP contribution in [-0.2, 0) is 16.6 Å². The van der Waals surface area contributed by atoms with Crippen LogP contribution >= 0.6 is 11.8 Å². The van der Waals surface area contributed by atoms with Crippen LogP contribution in [0.4, 0.5) is 0 Å². The van der Waals surface area contributed by atoms with E-state index < -0.39 is 10.0 Å². The maximum Gasteiger partial charge on any atom is 0.244 e. The highest BCUT2D eigenvalue weighted by molar-refractivity contribution is 7.99. The van der Waals surface area contributed by atoms with Gasteiger partial charge in [0.15, 0.2) is 0 Å². The first-order chi connectivity index (χ1) is 8.96. The molecule has 1 aromatic heterocycles. The molecule has 2 rings (SSSR count). The summed E-state index contributed by atoms with van der Waals surface area (Å²) in [6, 6.07) is 1.71. The Kier molecular flexibility index (Phi) is 4.60. The zero-order valence-electron chi connectivity index (χ0n) is 11.2. The van der Waals surface area contributed by atoms with Crippen LogP contribution in [0.5, 0.6) is 0 Å². The fourth-order valence-corrected chi connectivity index (χ4v) is 4.81. The van der Waals surface area contributed by atoms with Crippen LogP contribution in [0.15, 0.2) is 17.2 Å². The van der Waals surface area contributed by atoms with Crippen LogP contribution in [0.1, 0.15) is 25.6 Å². The number of aromatic nitrogens is 1. The van der Waals surface area contributed by atoms with Crippen molar-refractivity contribution in [1.82, 2.24) is 8.87 Å². The van der Waals surface area contributed by atoms with Crippen molar-refractivity contribution < 1.29 is 13.5 Å². The van der Waals surface area contributed by atoms with Crippen LogP contribution < -0.4 is 0 Å². The molecular formula is C12H20N2O3S2. The van der Waals surface area contributed by atoms with Crippen molar-refractivity contribution in [2.45, 2.75) is 31.4 Å². The SMILES string of the molecule is CC(C)n1cc(S(=O)(=O)N2CCSCC2)cc1CO. The Labute approximate surface area is 118 Å². The molecule has 1 aromatic rings. The Morgan fingerprint density at radius 3 is 2.47 bits per heavy atom. The number of thioether (sulfide) groups is 1. The van der Waals surface area contributed by atoms with Gasteiger partial charge in [0.2, 0.25) is 10.0 Å². The van der Waals surface area contributed by atoms with Gasteiger partial charge in [-0.1, -0.05) is 0 Å². The van der Waals surface area contributed by atoms with Crippen LogP contribution in [0, 0.1) is 0 Å². The number of aliphatic hydroxyl groups is 1. The fourth-order valence-electron chi connectivity index (χ4n) is 2.18. The smallest absolute Gasteiger partial charge is 0.244 e. The van der Waals surface area contributed by atoms with E-state index in [4.69, 9.17) is 0 Å². The lowest BCUT2D eigenvalue weighted by atomic mass is 10.3. The van der Waals surface area contributed by atoms with E-state index in [0.717, 1.165) is 11.5 Å². The van der Waals surface area contributed by atoms with Crippen molar-refractivity contribution in [3.63, 3.8) is 0 Å². The van der Waals surface area contributed by atoms with Crippen LogP contribution in [0.25, 0.3) is 0 Å². The van der Waals surface area contributed by atoms with Crippen LogP contribution in [0.3, 0.4) is 0 Å². The van der Waals surface area contributed by atoms with Gasteiger partial charge in [-0.25, -0.2) is 8.42 Å². The van der Waals surface area contributed by atoms with E-state index in [1.165, 1.54) is 4.31 Å². The minimum absolute atomic E-state index is 0.128. The maximum absolute atomic E-state index is 12.5. The van der Waals surface area contributed by atoms with E-state index in [2.05, 4.69) is 0 Å². The minimum Gasteiger partial charge on any atom is -0.390 e. The predicted molar refractivity (Wildman–Crippen MR) is 76.8 cm³/mol. The van der Waals surface area contributed by atoms with Crippen molar-refractivity contribution in [2.24, 2.45) is 0 Å². The highest BCUT2D eigenvalue weighted by Gasteiger charge is 2.28. The normalized spacial score (nSPS) is 18.1. The number of hydrogen-bond acceptors (Lipinski definition) is 4.